The summed E-state index contributed by atoms with van der Waals surface area (Å²) in [6, 6.07) is 17.8. The van der Waals surface area contributed by atoms with Crippen molar-refractivity contribution in [3.63, 3.8) is 0 Å². The van der Waals surface area contributed by atoms with E-state index in [0.29, 0.717) is 29.0 Å². The predicted octanol–water partition coefficient (Wildman–Crippen LogP) is 5.81. The number of benzene rings is 3. The maximum absolute atomic E-state index is 14.6. The molecule has 0 radical (unpaired) electrons. The van der Waals surface area contributed by atoms with Crippen molar-refractivity contribution in [1.29, 1.82) is 0 Å². The lowest BCUT2D eigenvalue weighted by Crippen LogP contribution is -2.26. The van der Waals surface area contributed by atoms with Gasteiger partial charge in [0.2, 0.25) is 0 Å². The fourth-order valence-electron chi connectivity index (χ4n) is 3.61. The Morgan fingerprint density at radius 3 is 2.54 bits per heavy atom. The highest BCUT2D eigenvalue weighted by molar-refractivity contribution is 6.33. The molecule has 0 aliphatic carbocycles. The maximum Gasteiger partial charge on any atom is 0.150 e. The molecule has 4 heteroatoms. The third-order valence-electron chi connectivity index (χ3n) is 4.88. The summed E-state index contributed by atoms with van der Waals surface area (Å²) in [5, 5.41) is 0.401. The van der Waals surface area contributed by atoms with Gasteiger partial charge in [-0.15, -0.1) is 0 Å². The van der Waals surface area contributed by atoms with Gasteiger partial charge in [0.25, 0.3) is 0 Å². The van der Waals surface area contributed by atoms with E-state index in [1.807, 2.05) is 37.3 Å². The van der Waals surface area contributed by atoms with Crippen LogP contribution in [-0.4, -0.2) is 6.29 Å². The highest BCUT2D eigenvalue weighted by Gasteiger charge is 2.39. The van der Waals surface area contributed by atoms with E-state index in [-0.39, 0.29) is 11.1 Å². The van der Waals surface area contributed by atoms with Gasteiger partial charge < -0.3 is 4.74 Å². The third-order valence-corrected chi connectivity index (χ3v) is 5.19. The highest BCUT2D eigenvalue weighted by Crippen LogP contribution is 2.48. The van der Waals surface area contributed by atoms with Gasteiger partial charge in [-0.2, -0.15) is 0 Å². The standard InChI is InChI=1S/C22H16ClFO2/c1-22(15-7-3-2-4-8-15)12-16-19(26-22)11-10-17(23)21(16)20-14(13-25)6-5-9-18(20)24/h2-11,13H,12H2,1H3/t22-/m0/s1. The van der Waals surface area contributed by atoms with Crippen molar-refractivity contribution >= 4 is 17.9 Å². The molecule has 0 saturated carbocycles. The third kappa shape index (κ3) is 2.60. The van der Waals surface area contributed by atoms with Crippen LogP contribution in [-0.2, 0) is 12.0 Å². The lowest BCUT2D eigenvalue weighted by Gasteiger charge is -2.24. The molecule has 1 heterocycles. The van der Waals surface area contributed by atoms with E-state index in [2.05, 4.69) is 0 Å². The minimum Gasteiger partial charge on any atom is -0.482 e. The second-order valence-electron chi connectivity index (χ2n) is 6.60. The van der Waals surface area contributed by atoms with Crippen LogP contribution in [0, 0.1) is 5.82 Å². The first kappa shape index (κ1) is 16.8. The topological polar surface area (TPSA) is 26.3 Å². The summed E-state index contributed by atoms with van der Waals surface area (Å²) in [4.78, 5) is 11.5. The number of rotatable bonds is 3. The molecule has 0 N–H and O–H groups in total. The smallest absolute Gasteiger partial charge is 0.150 e. The summed E-state index contributed by atoms with van der Waals surface area (Å²) < 4.78 is 20.9. The molecule has 0 fully saturated rings. The van der Waals surface area contributed by atoms with E-state index in [1.165, 1.54) is 12.1 Å². The van der Waals surface area contributed by atoms with Gasteiger partial charge in [-0.3, -0.25) is 4.79 Å². The summed E-state index contributed by atoms with van der Waals surface area (Å²) in [5.74, 6) is 0.189. The molecule has 0 spiro atoms. The first-order valence-corrected chi connectivity index (χ1v) is 8.71. The van der Waals surface area contributed by atoms with E-state index < -0.39 is 11.4 Å². The average Bonchev–Trinajstić information content (AvgIpc) is 3.01. The van der Waals surface area contributed by atoms with Crippen LogP contribution in [0.4, 0.5) is 4.39 Å². The fourth-order valence-corrected chi connectivity index (χ4v) is 3.88. The van der Waals surface area contributed by atoms with E-state index >= 15 is 0 Å². The summed E-state index contributed by atoms with van der Waals surface area (Å²) in [5.41, 5.74) is 2.30. The van der Waals surface area contributed by atoms with E-state index in [9.17, 15) is 9.18 Å². The Morgan fingerprint density at radius 2 is 1.81 bits per heavy atom. The number of halogens is 2. The number of hydrogen-bond donors (Lipinski definition) is 0. The van der Waals surface area contributed by atoms with Crippen molar-refractivity contribution < 1.29 is 13.9 Å². The van der Waals surface area contributed by atoms with Crippen molar-refractivity contribution in [2.45, 2.75) is 18.9 Å². The molecule has 3 aromatic rings. The Hall–Kier alpha value is -2.65. The van der Waals surface area contributed by atoms with E-state index in [0.717, 1.165) is 11.1 Å². The number of carbonyl (C=O) groups is 1. The van der Waals surface area contributed by atoms with Gasteiger partial charge in [0, 0.05) is 33.7 Å². The summed E-state index contributed by atoms with van der Waals surface area (Å²) in [6.45, 7) is 2.00. The van der Waals surface area contributed by atoms with Gasteiger partial charge in [-0.05, 0) is 30.7 Å². The molecule has 130 valence electrons. The molecule has 4 rings (SSSR count). The monoisotopic (exact) mass is 366 g/mol. The molecule has 3 aromatic carbocycles. The average molecular weight is 367 g/mol. The van der Waals surface area contributed by atoms with Crippen molar-refractivity contribution in [3.8, 4) is 16.9 Å². The zero-order valence-electron chi connectivity index (χ0n) is 14.1. The minimum atomic E-state index is -0.574. The van der Waals surface area contributed by atoms with Crippen LogP contribution in [0.2, 0.25) is 5.02 Å². The van der Waals surface area contributed by atoms with Crippen molar-refractivity contribution in [2.75, 3.05) is 0 Å². The van der Waals surface area contributed by atoms with Crippen LogP contribution in [0.3, 0.4) is 0 Å². The Labute approximate surface area is 156 Å². The number of fused-ring (bicyclic) bond motifs is 1. The molecular formula is C22H16ClFO2. The summed E-state index contributed by atoms with van der Waals surface area (Å²) in [7, 11) is 0. The predicted molar refractivity (Wildman–Crippen MR) is 100 cm³/mol. The number of ether oxygens (including phenoxy) is 1. The number of hydrogen-bond acceptors (Lipinski definition) is 2. The van der Waals surface area contributed by atoms with Crippen LogP contribution >= 0.6 is 11.6 Å². The molecule has 1 atom stereocenters. The molecule has 0 saturated heterocycles. The molecule has 26 heavy (non-hydrogen) atoms. The van der Waals surface area contributed by atoms with Crippen LogP contribution in [0.1, 0.15) is 28.4 Å². The van der Waals surface area contributed by atoms with Crippen molar-refractivity contribution in [3.05, 3.63) is 88.2 Å². The normalized spacial score (nSPS) is 18.3. The van der Waals surface area contributed by atoms with Gasteiger partial charge in [0.15, 0.2) is 6.29 Å². The van der Waals surface area contributed by atoms with Gasteiger partial charge >= 0.3 is 0 Å². The quantitative estimate of drug-likeness (QED) is 0.547. The Morgan fingerprint density at radius 1 is 1.04 bits per heavy atom. The van der Waals surface area contributed by atoms with Gasteiger partial charge in [0.1, 0.15) is 17.2 Å². The van der Waals surface area contributed by atoms with Crippen LogP contribution in [0.15, 0.2) is 60.7 Å². The Balaban J connectivity index is 1.91. The second-order valence-corrected chi connectivity index (χ2v) is 7.00. The van der Waals surface area contributed by atoms with Gasteiger partial charge in [0.05, 0.1) is 0 Å². The molecule has 1 aliphatic heterocycles. The zero-order chi connectivity index (χ0) is 18.3. The zero-order valence-corrected chi connectivity index (χ0v) is 14.9. The molecule has 0 unspecified atom stereocenters. The van der Waals surface area contributed by atoms with Gasteiger partial charge in [-0.1, -0.05) is 54.1 Å². The van der Waals surface area contributed by atoms with Crippen LogP contribution in [0.5, 0.6) is 5.75 Å². The van der Waals surface area contributed by atoms with Crippen molar-refractivity contribution in [1.82, 2.24) is 0 Å². The largest absolute Gasteiger partial charge is 0.482 e. The lowest BCUT2D eigenvalue weighted by molar-refractivity contribution is 0.112. The second kappa shape index (κ2) is 6.26. The first-order valence-electron chi connectivity index (χ1n) is 8.33. The summed E-state index contributed by atoms with van der Waals surface area (Å²) >= 11 is 6.44. The Bertz CT molecular complexity index is 1000. The maximum atomic E-state index is 14.6. The molecule has 0 bridgehead atoms. The van der Waals surface area contributed by atoms with Crippen molar-refractivity contribution in [2.24, 2.45) is 0 Å². The fraction of sp³-hybridized carbons (Fsp3) is 0.136. The van der Waals surface area contributed by atoms with Gasteiger partial charge in [-0.25, -0.2) is 4.39 Å². The number of aldehydes is 1. The molecule has 0 aromatic heterocycles. The molecule has 2 nitrogen and oxygen atoms in total. The Kier molecular flexibility index (Phi) is 4.04. The SMILES string of the molecule is C[C@@]1(c2ccccc2)Cc2c(ccc(Cl)c2-c2c(F)cccc2C=O)O1. The van der Waals surface area contributed by atoms with Crippen LogP contribution in [0.25, 0.3) is 11.1 Å². The molecular weight excluding hydrogens is 351 g/mol. The lowest BCUT2D eigenvalue weighted by atomic mass is 9.87. The first-order chi connectivity index (χ1) is 12.5. The van der Waals surface area contributed by atoms with Crippen LogP contribution < -0.4 is 4.74 Å². The molecule has 0 amide bonds. The molecule has 1 aliphatic rings. The van der Waals surface area contributed by atoms with E-state index in [4.69, 9.17) is 16.3 Å². The highest BCUT2D eigenvalue weighted by atomic mass is 35.5. The van der Waals surface area contributed by atoms with E-state index in [1.54, 1.807) is 18.2 Å². The summed E-state index contributed by atoms with van der Waals surface area (Å²) in [6.07, 6.45) is 1.19. The number of carbonyl (C=O) groups excluding carboxylic acids is 1. The minimum absolute atomic E-state index is 0.227.